The van der Waals surface area contributed by atoms with Crippen molar-refractivity contribution in [2.45, 2.75) is 142 Å². The van der Waals surface area contributed by atoms with Gasteiger partial charge in [0.1, 0.15) is 0 Å². The van der Waals surface area contributed by atoms with E-state index >= 15 is 0 Å². The van der Waals surface area contributed by atoms with Crippen molar-refractivity contribution < 1.29 is 14.3 Å². The van der Waals surface area contributed by atoms with Gasteiger partial charge in [-0.05, 0) is 37.7 Å². The number of nitrogens with one attached hydrogen (secondary N) is 1. The lowest BCUT2D eigenvalue weighted by atomic mass is 9.94. The van der Waals surface area contributed by atoms with Crippen molar-refractivity contribution in [2.24, 2.45) is 5.92 Å². The average Bonchev–Trinajstić information content (AvgIpc) is 2.82. The third-order valence-corrected chi connectivity index (χ3v) is 6.45. The molecule has 0 rings (SSSR count). The molecule has 1 atom stereocenters. The van der Waals surface area contributed by atoms with Crippen LogP contribution in [0.3, 0.4) is 0 Å². The van der Waals surface area contributed by atoms with Gasteiger partial charge in [0.15, 0.2) is 0 Å². The zero-order chi connectivity index (χ0) is 24.4. The Morgan fingerprint density at radius 1 is 0.727 bits per heavy atom. The number of rotatable bonds is 25. The van der Waals surface area contributed by atoms with Crippen LogP contribution in [0.15, 0.2) is 12.7 Å². The van der Waals surface area contributed by atoms with Gasteiger partial charge in [-0.2, -0.15) is 0 Å². The van der Waals surface area contributed by atoms with Crippen molar-refractivity contribution in [1.29, 1.82) is 0 Å². The van der Waals surface area contributed by atoms with Gasteiger partial charge in [-0.25, -0.2) is 0 Å². The molecule has 4 heteroatoms. The zero-order valence-electron chi connectivity index (χ0n) is 22.1. The molecule has 0 saturated heterocycles. The van der Waals surface area contributed by atoms with Crippen molar-refractivity contribution in [2.75, 3.05) is 13.2 Å². The van der Waals surface area contributed by atoms with E-state index in [-0.39, 0.29) is 11.9 Å². The van der Waals surface area contributed by atoms with E-state index in [1.54, 1.807) is 0 Å². The van der Waals surface area contributed by atoms with E-state index in [1.165, 1.54) is 109 Å². The fourth-order valence-corrected chi connectivity index (χ4v) is 4.23. The number of esters is 1. The summed E-state index contributed by atoms with van der Waals surface area (Å²) >= 11 is 0. The topological polar surface area (TPSA) is 55.4 Å². The molecular formula is C29H55NO3. The lowest BCUT2D eigenvalue weighted by Crippen LogP contribution is -2.21. The maximum absolute atomic E-state index is 12.2. The summed E-state index contributed by atoms with van der Waals surface area (Å²) in [5.74, 6) is 0.325. The molecule has 0 aliphatic carbocycles. The van der Waals surface area contributed by atoms with E-state index in [9.17, 15) is 9.59 Å². The predicted molar refractivity (Wildman–Crippen MR) is 141 cm³/mol. The fraction of sp³-hybridized carbons (Fsp3) is 0.862. The normalized spacial score (nSPS) is 11.8. The third kappa shape index (κ3) is 23.6. The maximum Gasteiger partial charge on any atom is 0.305 e. The highest BCUT2D eigenvalue weighted by atomic mass is 16.5. The lowest BCUT2D eigenvalue weighted by Gasteiger charge is -2.17. The molecule has 194 valence electrons. The lowest BCUT2D eigenvalue weighted by molar-refractivity contribution is -0.145. The standard InChI is InChI=1S/C29H55NO3/c1-4-7-9-11-13-14-16-19-23-27(22-18-15-12-10-8-5-2)26-33-29(32)24-20-17-21-25-30-28(31)6-3/h6,27H,3-5,7-26H2,1-2H3,(H,30,31). The summed E-state index contributed by atoms with van der Waals surface area (Å²) in [4.78, 5) is 23.3. The van der Waals surface area contributed by atoms with Crippen LogP contribution < -0.4 is 5.32 Å². The maximum atomic E-state index is 12.2. The quantitative estimate of drug-likeness (QED) is 0.0838. The van der Waals surface area contributed by atoms with Crippen molar-refractivity contribution in [3.8, 4) is 0 Å². The third-order valence-electron chi connectivity index (χ3n) is 6.45. The highest BCUT2D eigenvalue weighted by Crippen LogP contribution is 2.20. The molecule has 0 fully saturated rings. The molecule has 0 heterocycles. The van der Waals surface area contributed by atoms with Crippen molar-refractivity contribution in [3.63, 3.8) is 0 Å². The van der Waals surface area contributed by atoms with Crippen LogP contribution in [0, 0.1) is 5.92 Å². The molecule has 0 aromatic heterocycles. The monoisotopic (exact) mass is 465 g/mol. The molecule has 0 bridgehead atoms. The summed E-state index contributed by atoms with van der Waals surface area (Å²) in [5.41, 5.74) is 0. The highest BCUT2D eigenvalue weighted by molar-refractivity contribution is 5.86. The Kier molecular flexibility index (Phi) is 24.3. The Bertz CT molecular complexity index is 464. The second-order valence-electron chi connectivity index (χ2n) is 9.67. The van der Waals surface area contributed by atoms with E-state index in [0.717, 1.165) is 19.3 Å². The van der Waals surface area contributed by atoms with Crippen LogP contribution in [0.2, 0.25) is 0 Å². The first kappa shape index (κ1) is 31.7. The molecule has 0 aromatic carbocycles. The number of carbonyl (C=O) groups excluding carboxylic acids is 2. The summed E-state index contributed by atoms with van der Waals surface area (Å²) in [6, 6.07) is 0. The Morgan fingerprint density at radius 2 is 1.21 bits per heavy atom. The van der Waals surface area contributed by atoms with Gasteiger partial charge in [0, 0.05) is 13.0 Å². The highest BCUT2D eigenvalue weighted by Gasteiger charge is 2.12. The summed E-state index contributed by atoms with van der Waals surface area (Å²) < 4.78 is 5.66. The van der Waals surface area contributed by atoms with Crippen molar-refractivity contribution in [1.82, 2.24) is 5.32 Å². The predicted octanol–water partition coefficient (Wildman–Crippen LogP) is 8.29. The Balaban J connectivity index is 4.02. The first-order valence-corrected chi connectivity index (χ1v) is 14.2. The smallest absolute Gasteiger partial charge is 0.305 e. The number of carbonyl (C=O) groups is 2. The molecule has 0 aromatic rings. The number of unbranched alkanes of at least 4 members (excludes halogenated alkanes) is 14. The van der Waals surface area contributed by atoms with Gasteiger partial charge < -0.3 is 10.1 Å². The molecule has 1 amide bonds. The van der Waals surface area contributed by atoms with E-state index in [0.29, 0.717) is 25.5 Å². The summed E-state index contributed by atoms with van der Waals surface area (Å²) in [6.45, 7) is 9.20. The van der Waals surface area contributed by atoms with Gasteiger partial charge in [-0.1, -0.05) is 117 Å². The SMILES string of the molecule is C=CC(=O)NCCCCCC(=O)OCC(CCCCCCCC)CCCCCCCCCC. The van der Waals surface area contributed by atoms with E-state index in [1.807, 2.05) is 0 Å². The molecule has 33 heavy (non-hydrogen) atoms. The zero-order valence-corrected chi connectivity index (χ0v) is 22.1. The fourth-order valence-electron chi connectivity index (χ4n) is 4.23. The van der Waals surface area contributed by atoms with Gasteiger partial charge in [0.2, 0.25) is 5.91 Å². The Morgan fingerprint density at radius 3 is 1.73 bits per heavy atom. The van der Waals surface area contributed by atoms with Gasteiger partial charge in [-0.3, -0.25) is 9.59 Å². The first-order chi connectivity index (χ1) is 16.1. The molecule has 1 unspecified atom stereocenters. The van der Waals surface area contributed by atoms with Crippen LogP contribution in [0.1, 0.15) is 142 Å². The van der Waals surface area contributed by atoms with Crippen LogP contribution in [-0.4, -0.2) is 25.0 Å². The average molecular weight is 466 g/mol. The number of amides is 1. The van der Waals surface area contributed by atoms with Gasteiger partial charge in [0.05, 0.1) is 6.61 Å². The molecule has 0 radical (unpaired) electrons. The van der Waals surface area contributed by atoms with Gasteiger partial charge in [0.25, 0.3) is 0 Å². The van der Waals surface area contributed by atoms with E-state index in [4.69, 9.17) is 4.74 Å². The van der Waals surface area contributed by atoms with Crippen LogP contribution in [0.5, 0.6) is 0 Å². The van der Waals surface area contributed by atoms with Crippen molar-refractivity contribution in [3.05, 3.63) is 12.7 Å². The largest absolute Gasteiger partial charge is 0.465 e. The minimum atomic E-state index is -0.137. The first-order valence-electron chi connectivity index (χ1n) is 14.2. The summed E-state index contributed by atoms with van der Waals surface area (Å²) in [7, 11) is 0. The molecule has 0 spiro atoms. The van der Waals surface area contributed by atoms with Gasteiger partial charge in [-0.15, -0.1) is 0 Å². The number of ether oxygens (including phenoxy) is 1. The second kappa shape index (κ2) is 25.3. The Hall–Kier alpha value is -1.32. The van der Waals surface area contributed by atoms with Crippen LogP contribution in [0.4, 0.5) is 0 Å². The van der Waals surface area contributed by atoms with Crippen LogP contribution >= 0.6 is 0 Å². The summed E-state index contributed by atoms with van der Waals surface area (Å²) in [6.07, 6.45) is 25.4. The number of hydrogen-bond donors (Lipinski definition) is 1. The molecule has 0 saturated carbocycles. The molecule has 4 nitrogen and oxygen atoms in total. The second-order valence-corrected chi connectivity index (χ2v) is 9.67. The van der Waals surface area contributed by atoms with Crippen LogP contribution in [-0.2, 0) is 14.3 Å². The Labute approximate surface area is 205 Å². The molecule has 1 N–H and O–H groups in total. The summed E-state index contributed by atoms with van der Waals surface area (Å²) in [5, 5.41) is 2.76. The van der Waals surface area contributed by atoms with Crippen molar-refractivity contribution >= 4 is 11.9 Å². The molecule has 0 aliphatic rings. The minimum Gasteiger partial charge on any atom is -0.465 e. The molecule has 0 aliphatic heterocycles. The van der Waals surface area contributed by atoms with Crippen LogP contribution in [0.25, 0.3) is 0 Å². The molecular weight excluding hydrogens is 410 g/mol. The minimum absolute atomic E-state index is 0.0611. The van der Waals surface area contributed by atoms with E-state index in [2.05, 4.69) is 25.7 Å². The van der Waals surface area contributed by atoms with E-state index < -0.39 is 0 Å². The van der Waals surface area contributed by atoms with Gasteiger partial charge >= 0.3 is 5.97 Å². The number of hydrogen-bond acceptors (Lipinski definition) is 3.